The zero-order chi connectivity index (χ0) is 9.10. The van der Waals surface area contributed by atoms with Crippen LogP contribution in [0.15, 0.2) is 12.4 Å². The lowest BCUT2D eigenvalue weighted by atomic mass is 10.2. The molecule has 70 valence electrons. The first-order valence-electron chi connectivity index (χ1n) is 4.37. The topological polar surface area (TPSA) is 44.2 Å². The van der Waals surface area contributed by atoms with E-state index in [-0.39, 0.29) is 6.10 Å². The molecule has 0 spiro atoms. The van der Waals surface area contributed by atoms with Gasteiger partial charge in [0.25, 0.3) is 0 Å². The van der Waals surface area contributed by atoms with Crippen molar-refractivity contribution in [3.63, 3.8) is 0 Å². The smallest absolute Gasteiger partial charge is 0.216 e. The summed E-state index contributed by atoms with van der Waals surface area (Å²) in [5, 5.41) is 0. The van der Waals surface area contributed by atoms with Gasteiger partial charge in [-0.3, -0.25) is 0 Å². The molecule has 1 unspecified atom stereocenters. The predicted octanol–water partition coefficient (Wildman–Crippen LogP) is 0.953. The molecule has 0 aromatic carbocycles. The SMILES string of the molecule is Cc1cc(OCC2CCO2)ncn1. The molecule has 1 saturated heterocycles. The number of hydrogen-bond acceptors (Lipinski definition) is 4. The van der Waals surface area contributed by atoms with Crippen LogP contribution < -0.4 is 4.74 Å². The Morgan fingerprint density at radius 1 is 1.62 bits per heavy atom. The Labute approximate surface area is 76.9 Å². The van der Waals surface area contributed by atoms with Crippen LogP contribution in [0.25, 0.3) is 0 Å². The van der Waals surface area contributed by atoms with Crippen LogP contribution in [-0.4, -0.2) is 29.3 Å². The van der Waals surface area contributed by atoms with Crippen LogP contribution in [0.1, 0.15) is 12.1 Å². The molecule has 0 aliphatic carbocycles. The van der Waals surface area contributed by atoms with Crippen molar-refractivity contribution in [2.75, 3.05) is 13.2 Å². The third kappa shape index (κ3) is 2.15. The highest BCUT2D eigenvalue weighted by Gasteiger charge is 2.18. The van der Waals surface area contributed by atoms with Crippen molar-refractivity contribution in [2.45, 2.75) is 19.4 Å². The molecule has 0 bridgehead atoms. The predicted molar refractivity (Wildman–Crippen MR) is 46.6 cm³/mol. The summed E-state index contributed by atoms with van der Waals surface area (Å²) in [6.45, 7) is 3.36. The molecular formula is C9H12N2O2. The second-order valence-corrected chi connectivity index (χ2v) is 3.09. The monoisotopic (exact) mass is 180 g/mol. The van der Waals surface area contributed by atoms with Gasteiger partial charge in [-0.25, -0.2) is 9.97 Å². The maximum Gasteiger partial charge on any atom is 0.216 e. The van der Waals surface area contributed by atoms with Crippen LogP contribution >= 0.6 is 0 Å². The van der Waals surface area contributed by atoms with Gasteiger partial charge in [-0.15, -0.1) is 0 Å². The fourth-order valence-electron chi connectivity index (χ4n) is 1.10. The van der Waals surface area contributed by atoms with Gasteiger partial charge in [0, 0.05) is 24.8 Å². The van der Waals surface area contributed by atoms with E-state index in [1.807, 2.05) is 13.0 Å². The third-order valence-electron chi connectivity index (χ3n) is 1.99. The maximum absolute atomic E-state index is 5.41. The summed E-state index contributed by atoms with van der Waals surface area (Å²) >= 11 is 0. The molecule has 0 radical (unpaired) electrons. The first kappa shape index (κ1) is 8.44. The molecule has 1 aromatic heterocycles. The second kappa shape index (κ2) is 3.70. The Kier molecular flexibility index (Phi) is 2.40. The number of ether oxygens (including phenoxy) is 2. The lowest BCUT2D eigenvalue weighted by Crippen LogP contribution is -2.32. The maximum atomic E-state index is 5.41. The molecular weight excluding hydrogens is 168 g/mol. The van der Waals surface area contributed by atoms with Gasteiger partial charge in [0.05, 0.1) is 6.10 Å². The van der Waals surface area contributed by atoms with Crippen LogP contribution in [-0.2, 0) is 4.74 Å². The van der Waals surface area contributed by atoms with E-state index in [0.29, 0.717) is 12.5 Å². The van der Waals surface area contributed by atoms with Crippen molar-refractivity contribution in [3.05, 3.63) is 18.1 Å². The standard InChI is InChI=1S/C9H12N2O2/c1-7-4-9(11-6-10-7)13-5-8-2-3-12-8/h4,6,8H,2-3,5H2,1H3. The summed E-state index contributed by atoms with van der Waals surface area (Å²) in [5.41, 5.74) is 0.916. The van der Waals surface area contributed by atoms with Gasteiger partial charge in [0.1, 0.15) is 12.9 Å². The minimum absolute atomic E-state index is 0.260. The molecule has 4 nitrogen and oxygen atoms in total. The van der Waals surface area contributed by atoms with Crippen LogP contribution in [0, 0.1) is 6.92 Å². The Bertz CT molecular complexity index is 287. The van der Waals surface area contributed by atoms with Gasteiger partial charge in [-0.05, 0) is 6.92 Å². The molecule has 1 aromatic rings. The number of rotatable bonds is 3. The first-order valence-corrected chi connectivity index (χ1v) is 4.37. The van der Waals surface area contributed by atoms with Gasteiger partial charge in [-0.1, -0.05) is 0 Å². The molecule has 1 aliphatic heterocycles. The van der Waals surface area contributed by atoms with E-state index in [1.165, 1.54) is 6.33 Å². The molecule has 0 saturated carbocycles. The minimum atomic E-state index is 0.260. The van der Waals surface area contributed by atoms with E-state index in [9.17, 15) is 0 Å². The van der Waals surface area contributed by atoms with E-state index in [2.05, 4.69) is 9.97 Å². The number of nitrogens with zero attached hydrogens (tertiary/aromatic N) is 2. The van der Waals surface area contributed by atoms with Crippen molar-refractivity contribution < 1.29 is 9.47 Å². The van der Waals surface area contributed by atoms with Gasteiger partial charge in [0.2, 0.25) is 5.88 Å². The lowest BCUT2D eigenvalue weighted by Gasteiger charge is -2.25. The fourth-order valence-corrected chi connectivity index (χ4v) is 1.10. The average Bonchev–Trinajstić information content (AvgIpc) is 2.01. The van der Waals surface area contributed by atoms with E-state index < -0.39 is 0 Å². The molecule has 1 atom stereocenters. The second-order valence-electron chi connectivity index (χ2n) is 3.09. The van der Waals surface area contributed by atoms with Gasteiger partial charge in [0.15, 0.2) is 0 Å². The highest BCUT2D eigenvalue weighted by Crippen LogP contribution is 2.13. The molecule has 1 fully saturated rings. The van der Waals surface area contributed by atoms with Crippen LogP contribution in [0.2, 0.25) is 0 Å². The quantitative estimate of drug-likeness (QED) is 0.694. The number of aromatic nitrogens is 2. The first-order chi connectivity index (χ1) is 6.34. The summed E-state index contributed by atoms with van der Waals surface area (Å²) < 4.78 is 10.6. The third-order valence-corrected chi connectivity index (χ3v) is 1.99. The van der Waals surface area contributed by atoms with E-state index >= 15 is 0 Å². The number of hydrogen-bond donors (Lipinski definition) is 0. The zero-order valence-electron chi connectivity index (χ0n) is 7.56. The van der Waals surface area contributed by atoms with Crippen molar-refractivity contribution in [2.24, 2.45) is 0 Å². The summed E-state index contributed by atoms with van der Waals surface area (Å²) in [7, 11) is 0. The highest BCUT2D eigenvalue weighted by atomic mass is 16.5. The molecule has 1 aliphatic rings. The lowest BCUT2D eigenvalue weighted by molar-refractivity contribution is -0.0727. The molecule has 4 heteroatoms. The Hall–Kier alpha value is -1.16. The molecule has 2 rings (SSSR count). The zero-order valence-corrected chi connectivity index (χ0v) is 7.56. The summed E-state index contributed by atoms with van der Waals surface area (Å²) in [6, 6.07) is 1.82. The van der Waals surface area contributed by atoms with E-state index in [1.54, 1.807) is 0 Å². The van der Waals surface area contributed by atoms with Crippen LogP contribution in [0.3, 0.4) is 0 Å². The Morgan fingerprint density at radius 3 is 3.08 bits per heavy atom. The number of aryl methyl sites for hydroxylation is 1. The van der Waals surface area contributed by atoms with Crippen LogP contribution in [0.4, 0.5) is 0 Å². The minimum Gasteiger partial charge on any atom is -0.475 e. The van der Waals surface area contributed by atoms with Gasteiger partial charge < -0.3 is 9.47 Å². The Balaban J connectivity index is 1.86. The summed E-state index contributed by atoms with van der Waals surface area (Å²) in [5.74, 6) is 0.628. The van der Waals surface area contributed by atoms with Crippen LogP contribution in [0.5, 0.6) is 5.88 Å². The van der Waals surface area contributed by atoms with Gasteiger partial charge >= 0.3 is 0 Å². The normalized spacial score (nSPS) is 20.8. The van der Waals surface area contributed by atoms with E-state index in [4.69, 9.17) is 9.47 Å². The molecule has 13 heavy (non-hydrogen) atoms. The average molecular weight is 180 g/mol. The van der Waals surface area contributed by atoms with Crippen molar-refractivity contribution >= 4 is 0 Å². The highest BCUT2D eigenvalue weighted by molar-refractivity contribution is 5.11. The van der Waals surface area contributed by atoms with Gasteiger partial charge in [-0.2, -0.15) is 0 Å². The molecule has 2 heterocycles. The van der Waals surface area contributed by atoms with E-state index in [0.717, 1.165) is 18.7 Å². The van der Waals surface area contributed by atoms with Crippen molar-refractivity contribution in [1.82, 2.24) is 9.97 Å². The molecule has 0 N–H and O–H groups in total. The van der Waals surface area contributed by atoms with Crippen molar-refractivity contribution in [1.29, 1.82) is 0 Å². The summed E-state index contributed by atoms with van der Waals surface area (Å²) in [6.07, 6.45) is 2.85. The summed E-state index contributed by atoms with van der Waals surface area (Å²) in [4.78, 5) is 7.96. The largest absolute Gasteiger partial charge is 0.475 e. The Morgan fingerprint density at radius 2 is 2.46 bits per heavy atom. The molecule has 0 amide bonds. The van der Waals surface area contributed by atoms with Crippen molar-refractivity contribution in [3.8, 4) is 5.88 Å². The fraction of sp³-hybridized carbons (Fsp3) is 0.556.